The molecule has 1 saturated heterocycles. The van der Waals surface area contributed by atoms with Crippen LogP contribution in [0.15, 0.2) is 12.2 Å². The van der Waals surface area contributed by atoms with Crippen LogP contribution < -0.4 is 0 Å². The summed E-state index contributed by atoms with van der Waals surface area (Å²) in [7, 11) is 0. The minimum Gasteiger partial charge on any atom is -0.278 e. The molecule has 5 atom stereocenters. The zero-order valence-electron chi connectivity index (χ0n) is 10.3. The second kappa shape index (κ2) is 3.74. The van der Waals surface area contributed by atoms with Gasteiger partial charge in [0.1, 0.15) is 0 Å². The highest BCUT2D eigenvalue weighted by Gasteiger charge is 2.78. The Kier molecular flexibility index (Phi) is 2.55. The first kappa shape index (κ1) is 13.0. The molecule has 3 rings (SSSR count). The predicted octanol–water partition coefficient (Wildman–Crippen LogP) is 1.68. The molecular formula is C13H12Cl2N2O2. The number of nitriles is 1. The first-order valence-corrected chi connectivity index (χ1v) is 6.95. The highest BCUT2D eigenvalue weighted by Crippen LogP contribution is 2.64. The number of nitrogens with zero attached hydrogens (tertiary/aromatic N) is 2. The van der Waals surface area contributed by atoms with Gasteiger partial charge in [-0.3, -0.25) is 14.5 Å². The molecule has 3 aliphatic rings. The van der Waals surface area contributed by atoms with Crippen molar-refractivity contribution in [2.75, 3.05) is 6.54 Å². The van der Waals surface area contributed by atoms with E-state index in [0.717, 1.165) is 4.90 Å². The van der Waals surface area contributed by atoms with Crippen LogP contribution in [0.5, 0.6) is 0 Å². The quantitative estimate of drug-likeness (QED) is 0.443. The van der Waals surface area contributed by atoms with E-state index in [4.69, 9.17) is 28.5 Å². The molecular weight excluding hydrogens is 287 g/mol. The highest BCUT2D eigenvalue weighted by molar-refractivity contribution is 6.54. The maximum absolute atomic E-state index is 12.5. The Bertz CT molecular complexity index is 519. The van der Waals surface area contributed by atoms with Crippen LogP contribution in [-0.2, 0) is 9.59 Å². The van der Waals surface area contributed by atoms with Gasteiger partial charge < -0.3 is 0 Å². The summed E-state index contributed by atoms with van der Waals surface area (Å²) in [5.41, 5.74) is 0. The van der Waals surface area contributed by atoms with Crippen molar-refractivity contribution in [3.05, 3.63) is 12.2 Å². The molecule has 2 bridgehead atoms. The molecule has 4 nitrogen and oxygen atoms in total. The Hall–Kier alpha value is -1.05. The van der Waals surface area contributed by atoms with E-state index in [0.29, 0.717) is 6.42 Å². The number of hydrogen-bond donors (Lipinski definition) is 0. The normalized spacial score (nSPS) is 44.6. The van der Waals surface area contributed by atoms with Crippen molar-refractivity contribution >= 4 is 35.0 Å². The summed E-state index contributed by atoms with van der Waals surface area (Å²) in [6.45, 7) is 1.71. The lowest BCUT2D eigenvalue weighted by molar-refractivity contribution is -0.140. The Morgan fingerprint density at radius 2 is 1.84 bits per heavy atom. The molecule has 0 radical (unpaired) electrons. The summed E-state index contributed by atoms with van der Waals surface area (Å²) in [5, 5.41) is 8.84. The summed E-state index contributed by atoms with van der Waals surface area (Å²) in [6.07, 6.45) is 4.40. The largest absolute Gasteiger partial charge is 0.278 e. The smallest absolute Gasteiger partial charge is 0.253 e. The molecule has 19 heavy (non-hydrogen) atoms. The number of carbonyl (C=O) groups excluding carboxylic acids is 2. The molecule has 2 fully saturated rings. The number of carbonyl (C=O) groups is 2. The second-order valence-corrected chi connectivity index (χ2v) is 6.70. The summed E-state index contributed by atoms with van der Waals surface area (Å²) in [6, 6.07) is 2.01. The fourth-order valence-electron chi connectivity index (χ4n) is 3.42. The van der Waals surface area contributed by atoms with Crippen molar-refractivity contribution in [1.82, 2.24) is 4.90 Å². The van der Waals surface area contributed by atoms with E-state index in [1.54, 1.807) is 6.92 Å². The van der Waals surface area contributed by atoms with Crippen LogP contribution in [0.25, 0.3) is 0 Å². The van der Waals surface area contributed by atoms with Gasteiger partial charge in [-0.15, -0.1) is 23.2 Å². The Morgan fingerprint density at radius 3 is 2.26 bits per heavy atom. The number of hydrogen-bond acceptors (Lipinski definition) is 3. The third-order valence-corrected chi connectivity index (χ3v) is 6.00. The Labute approximate surface area is 120 Å². The molecule has 6 heteroatoms. The van der Waals surface area contributed by atoms with E-state index >= 15 is 0 Å². The van der Waals surface area contributed by atoms with Gasteiger partial charge in [0, 0.05) is 18.4 Å². The number of alkyl halides is 2. The van der Waals surface area contributed by atoms with E-state index in [2.05, 4.69) is 0 Å². The highest BCUT2D eigenvalue weighted by atomic mass is 35.5. The van der Waals surface area contributed by atoms with E-state index in [9.17, 15) is 9.59 Å². The number of halogens is 2. The number of allylic oxidation sites excluding steroid dienone is 2. The van der Waals surface area contributed by atoms with E-state index in [-0.39, 0.29) is 18.4 Å². The first-order valence-electron chi connectivity index (χ1n) is 6.19. The van der Waals surface area contributed by atoms with Crippen molar-refractivity contribution in [2.45, 2.75) is 23.1 Å². The second-order valence-electron chi connectivity index (χ2n) is 5.51. The zero-order valence-corrected chi connectivity index (χ0v) is 11.8. The Balaban J connectivity index is 2.03. The van der Waals surface area contributed by atoms with Gasteiger partial charge in [0.05, 0.1) is 12.0 Å². The van der Waals surface area contributed by atoms with Crippen molar-refractivity contribution in [1.29, 1.82) is 5.26 Å². The monoisotopic (exact) mass is 298 g/mol. The van der Waals surface area contributed by atoms with E-state index in [1.807, 2.05) is 18.2 Å². The molecule has 2 aliphatic carbocycles. The zero-order chi connectivity index (χ0) is 14.0. The van der Waals surface area contributed by atoms with Gasteiger partial charge in [0.2, 0.25) is 0 Å². The van der Waals surface area contributed by atoms with Crippen molar-refractivity contribution in [3.8, 4) is 6.07 Å². The predicted molar refractivity (Wildman–Crippen MR) is 69.4 cm³/mol. The number of amides is 2. The summed E-state index contributed by atoms with van der Waals surface area (Å²) in [5.74, 6) is -1.73. The first-order chi connectivity index (χ1) is 8.87. The topological polar surface area (TPSA) is 61.2 Å². The van der Waals surface area contributed by atoms with Crippen LogP contribution in [0.4, 0.5) is 0 Å². The molecule has 0 aromatic carbocycles. The number of fused-ring (bicyclic) bond motifs is 5. The average Bonchev–Trinajstić information content (AvgIpc) is 3.00. The minimum atomic E-state index is -1.37. The van der Waals surface area contributed by atoms with Gasteiger partial charge in [-0.05, 0) is 13.3 Å². The molecule has 2 amide bonds. The number of imide groups is 1. The third kappa shape index (κ3) is 1.25. The molecule has 1 aliphatic heterocycles. The van der Waals surface area contributed by atoms with Crippen LogP contribution >= 0.6 is 23.2 Å². The summed E-state index contributed by atoms with van der Waals surface area (Å²) in [4.78, 5) is 23.3. The number of likely N-dealkylation sites (tertiary alicyclic amines) is 1. The lowest BCUT2D eigenvalue weighted by Gasteiger charge is -2.32. The maximum atomic E-state index is 12.5. The van der Waals surface area contributed by atoms with Gasteiger partial charge in [0.15, 0.2) is 9.75 Å². The molecule has 1 heterocycles. The fourth-order valence-corrected chi connectivity index (χ4v) is 4.39. The van der Waals surface area contributed by atoms with Gasteiger partial charge in [-0.1, -0.05) is 12.2 Å². The van der Waals surface area contributed by atoms with Gasteiger partial charge in [0.25, 0.3) is 11.8 Å². The SMILES string of the molecule is CC(C#N)CN1C(=O)C2(Cl)C3C=CC(C3)C2(Cl)C1=O. The molecule has 0 N–H and O–H groups in total. The average molecular weight is 299 g/mol. The molecule has 0 aromatic rings. The molecule has 100 valence electrons. The van der Waals surface area contributed by atoms with Crippen molar-refractivity contribution in [2.24, 2.45) is 17.8 Å². The van der Waals surface area contributed by atoms with Crippen molar-refractivity contribution in [3.63, 3.8) is 0 Å². The molecule has 1 saturated carbocycles. The maximum Gasteiger partial charge on any atom is 0.253 e. The van der Waals surface area contributed by atoms with Crippen LogP contribution in [0.3, 0.4) is 0 Å². The minimum absolute atomic E-state index is 0.0521. The van der Waals surface area contributed by atoms with E-state index < -0.39 is 27.5 Å². The summed E-state index contributed by atoms with van der Waals surface area (Å²) < 4.78 is 0. The lowest BCUT2D eigenvalue weighted by atomic mass is 9.83. The van der Waals surface area contributed by atoms with Crippen LogP contribution in [0.1, 0.15) is 13.3 Å². The standard InChI is InChI=1S/C13H12Cl2N2O2/c1-7(5-16)6-17-10(18)12(14)8-2-3-9(4-8)13(12,15)11(17)19/h2-3,7-9H,4,6H2,1H3. The fraction of sp³-hybridized carbons (Fsp3) is 0.615. The van der Waals surface area contributed by atoms with Crippen LogP contribution in [0, 0.1) is 29.1 Å². The lowest BCUT2D eigenvalue weighted by Crippen LogP contribution is -2.51. The van der Waals surface area contributed by atoms with Crippen LogP contribution in [-0.4, -0.2) is 33.0 Å². The third-order valence-electron chi connectivity index (χ3n) is 4.42. The van der Waals surface area contributed by atoms with Gasteiger partial charge in [-0.2, -0.15) is 5.26 Å². The van der Waals surface area contributed by atoms with E-state index in [1.165, 1.54) is 0 Å². The number of rotatable bonds is 2. The van der Waals surface area contributed by atoms with Crippen LogP contribution in [0.2, 0.25) is 0 Å². The van der Waals surface area contributed by atoms with Crippen molar-refractivity contribution < 1.29 is 9.59 Å². The molecule has 0 spiro atoms. The summed E-state index contributed by atoms with van der Waals surface area (Å²) >= 11 is 13.0. The Morgan fingerprint density at radius 1 is 1.37 bits per heavy atom. The molecule has 0 aromatic heterocycles. The van der Waals surface area contributed by atoms with Gasteiger partial charge >= 0.3 is 0 Å². The van der Waals surface area contributed by atoms with Gasteiger partial charge in [-0.25, -0.2) is 0 Å². The molecule has 5 unspecified atom stereocenters.